The largest absolute Gasteiger partial charge is 0.458 e. The van der Waals surface area contributed by atoms with E-state index in [1.54, 1.807) is 0 Å². The number of hydrogen-bond donors (Lipinski definition) is 1. The summed E-state index contributed by atoms with van der Waals surface area (Å²) in [5.74, 6) is 1.25. The molecule has 2 rings (SSSR count). The summed E-state index contributed by atoms with van der Waals surface area (Å²) in [7, 11) is 0. The van der Waals surface area contributed by atoms with Crippen LogP contribution in [0.5, 0.6) is 0 Å². The molecule has 0 spiro atoms. The molecule has 4 nitrogen and oxygen atoms in total. The van der Waals surface area contributed by atoms with Crippen LogP contribution in [0.3, 0.4) is 0 Å². The SMILES string of the molecule is C=C(SC1CC(=O)N1)C(=O)OC1CC(C)CCC1C(C)C. The predicted octanol–water partition coefficient (Wildman–Crippen LogP) is 3.08. The van der Waals surface area contributed by atoms with E-state index in [4.69, 9.17) is 4.74 Å². The van der Waals surface area contributed by atoms with E-state index in [1.807, 2.05) is 0 Å². The second-order valence-corrected chi connectivity index (χ2v) is 7.87. The number of hydrogen-bond acceptors (Lipinski definition) is 4. The lowest BCUT2D eigenvalue weighted by atomic mass is 9.75. The van der Waals surface area contributed by atoms with Crippen LogP contribution < -0.4 is 5.32 Å². The molecule has 1 heterocycles. The Hall–Kier alpha value is -0.970. The van der Waals surface area contributed by atoms with E-state index < -0.39 is 0 Å². The van der Waals surface area contributed by atoms with Crippen molar-refractivity contribution in [3.05, 3.63) is 11.5 Å². The van der Waals surface area contributed by atoms with Gasteiger partial charge in [-0.05, 0) is 30.6 Å². The molecule has 0 bridgehead atoms. The molecule has 1 aliphatic heterocycles. The maximum absolute atomic E-state index is 12.2. The Labute approximate surface area is 131 Å². The minimum absolute atomic E-state index is 0.00502. The van der Waals surface area contributed by atoms with Gasteiger partial charge in [0.15, 0.2) is 0 Å². The summed E-state index contributed by atoms with van der Waals surface area (Å²) in [5.41, 5.74) is 0. The lowest BCUT2D eigenvalue weighted by Crippen LogP contribution is -2.46. The summed E-state index contributed by atoms with van der Waals surface area (Å²) in [6, 6.07) is 0. The zero-order valence-corrected chi connectivity index (χ0v) is 13.9. The van der Waals surface area contributed by atoms with Gasteiger partial charge in [0.05, 0.1) is 16.7 Å². The average Bonchev–Trinajstić information content (AvgIpc) is 2.36. The number of esters is 1. The minimum atomic E-state index is -0.328. The number of ether oxygens (including phenoxy) is 1. The predicted molar refractivity (Wildman–Crippen MR) is 84.5 cm³/mol. The van der Waals surface area contributed by atoms with Gasteiger partial charge in [-0.25, -0.2) is 4.79 Å². The van der Waals surface area contributed by atoms with Gasteiger partial charge in [-0.3, -0.25) is 4.79 Å². The molecule has 4 unspecified atom stereocenters. The molecule has 1 saturated carbocycles. The van der Waals surface area contributed by atoms with E-state index in [0.29, 0.717) is 29.1 Å². The van der Waals surface area contributed by atoms with Crippen molar-refractivity contribution in [2.24, 2.45) is 17.8 Å². The van der Waals surface area contributed by atoms with Crippen molar-refractivity contribution in [2.75, 3.05) is 0 Å². The standard InChI is InChI=1S/C16H25NO3S/c1-9(2)12-6-5-10(3)7-13(12)20-16(19)11(4)21-15-8-14(18)17-15/h9-10,12-13,15H,4-8H2,1-3H3,(H,17,18). The molecular formula is C16H25NO3S. The highest BCUT2D eigenvalue weighted by atomic mass is 32.2. The normalized spacial score (nSPS) is 32.3. The van der Waals surface area contributed by atoms with E-state index in [0.717, 1.165) is 12.8 Å². The third kappa shape index (κ3) is 4.25. The molecule has 118 valence electrons. The number of thioether (sulfide) groups is 1. The zero-order chi connectivity index (χ0) is 15.6. The first-order valence-corrected chi connectivity index (χ1v) is 8.60. The van der Waals surface area contributed by atoms with Crippen molar-refractivity contribution in [3.63, 3.8) is 0 Å². The number of carbonyl (C=O) groups excluding carboxylic acids is 2. The molecule has 2 fully saturated rings. The zero-order valence-electron chi connectivity index (χ0n) is 13.1. The summed E-state index contributed by atoms with van der Waals surface area (Å²) in [6.45, 7) is 10.4. The molecule has 1 amide bonds. The van der Waals surface area contributed by atoms with Gasteiger partial charge in [-0.1, -0.05) is 45.5 Å². The number of rotatable bonds is 5. The second kappa shape index (κ2) is 6.86. The maximum atomic E-state index is 12.2. The molecular weight excluding hydrogens is 286 g/mol. The lowest BCUT2D eigenvalue weighted by molar-refractivity contribution is -0.150. The van der Waals surface area contributed by atoms with Gasteiger partial charge in [0, 0.05) is 0 Å². The molecule has 1 N–H and O–H groups in total. The molecule has 21 heavy (non-hydrogen) atoms. The maximum Gasteiger partial charge on any atom is 0.344 e. The Morgan fingerprint density at radius 3 is 2.67 bits per heavy atom. The van der Waals surface area contributed by atoms with Crippen molar-refractivity contribution >= 4 is 23.6 Å². The molecule has 0 aromatic heterocycles. The first kappa shape index (κ1) is 16.4. The number of nitrogens with one attached hydrogen (secondary N) is 1. The van der Waals surface area contributed by atoms with E-state index in [-0.39, 0.29) is 23.4 Å². The monoisotopic (exact) mass is 311 g/mol. The first-order chi connectivity index (χ1) is 9.86. The average molecular weight is 311 g/mol. The quantitative estimate of drug-likeness (QED) is 0.481. The lowest BCUT2D eigenvalue weighted by Gasteiger charge is -2.37. The van der Waals surface area contributed by atoms with Gasteiger partial charge < -0.3 is 10.1 Å². The highest BCUT2D eigenvalue weighted by Crippen LogP contribution is 2.36. The van der Waals surface area contributed by atoms with E-state index in [2.05, 4.69) is 32.7 Å². The fourth-order valence-corrected chi connectivity index (χ4v) is 3.98. The van der Waals surface area contributed by atoms with Crippen LogP contribution in [0.1, 0.15) is 46.5 Å². The van der Waals surface area contributed by atoms with Crippen LogP contribution in [0.4, 0.5) is 0 Å². The number of carbonyl (C=O) groups is 2. The van der Waals surface area contributed by atoms with Crippen molar-refractivity contribution in [1.29, 1.82) is 0 Å². The van der Waals surface area contributed by atoms with Crippen molar-refractivity contribution in [3.8, 4) is 0 Å². The van der Waals surface area contributed by atoms with E-state index >= 15 is 0 Å². The Balaban J connectivity index is 1.86. The van der Waals surface area contributed by atoms with Crippen LogP contribution in [0.15, 0.2) is 11.5 Å². The molecule has 2 aliphatic rings. The number of amides is 1. The van der Waals surface area contributed by atoms with Crippen LogP contribution in [0.2, 0.25) is 0 Å². The van der Waals surface area contributed by atoms with Gasteiger partial charge in [0.25, 0.3) is 0 Å². The van der Waals surface area contributed by atoms with E-state index in [9.17, 15) is 9.59 Å². The molecule has 0 radical (unpaired) electrons. The topological polar surface area (TPSA) is 55.4 Å². The fraction of sp³-hybridized carbons (Fsp3) is 0.750. The van der Waals surface area contributed by atoms with Crippen molar-refractivity contribution in [2.45, 2.75) is 57.9 Å². The molecule has 5 heteroatoms. The van der Waals surface area contributed by atoms with Crippen LogP contribution in [0, 0.1) is 17.8 Å². The van der Waals surface area contributed by atoms with Gasteiger partial charge in [0.1, 0.15) is 6.10 Å². The van der Waals surface area contributed by atoms with Gasteiger partial charge >= 0.3 is 5.97 Å². The molecule has 0 aromatic carbocycles. The third-order valence-corrected chi connectivity index (χ3v) is 5.44. The Bertz CT molecular complexity index is 427. The van der Waals surface area contributed by atoms with Crippen LogP contribution in [0.25, 0.3) is 0 Å². The fourth-order valence-electron chi connectivity index (χ4n) is 3.07. The highest BCUT2D eigenvalue weighted by Gasteiger charge is 2.35. The minimum Gasteiger partial charge on any atom is -0.458 e. The molecule has 1 saturated heterocycles. The van der Waals surface area contributed by atoms with Crippen molar-refractivity contribution in [1.82, 2.24) is 5.32 Å². The Morgan fingerprint density at radius 2 is 2.10 bits per heavy atom. The van der Waals surface area contributed by atoms with Crippen molar-refractivity contribution < 1.29 is 14.3 Å². The number of β-lactam (4-membered cyclic amide) rings is 1. The second-order valence-electron chi connectivity index (χ2n) is 6.57. The summed E-state index contributed by atoms with van der Waals surface area (Å²) < 4.78 is 5.72. The molecule has 4 atom stereocenters. The van der Waals surface area contributed by atoms with Crippen LogP contribution >= 0.6 is 11.8 Å². The summed E-state index contributed by atoms with van der Waals surface area (Å²) in [4.78, 5) is 23.4. The smallest absolute Gasteiger partial charge is 0.344 e. The Morgan fingerprint density at radius 1 is 1.43 bits per heavy atom. The van der Waals surface area contributed by atoms with Crippen LogP contribution in [-0.4, -0.2) is 23.4 Å². The van der Waals surface area contributed by atoms with Crippen LogP contribution in [-0.2, 0) is 14.3 Å². The third-order valence-electron chi connectivity index (χ3n) is 4.42. The first-order valence-electron chi connectivity index (χ1n) is 7.72. The molecule has 1 aliphatic carbocycles. The highest BCUT2D eigenvalue weighted by molar-refractivity contribution is 8.04. The molecule has 0 aromatic rings. The summed E-state index contributed by atoms with van der Waals surface area (Å²) in [5, 5.41) is 2.70. The Kier molecular flexibility index (Phi) is 5.36. The summed E-state index contributed by atoms with van der Waals surface area (Å²) in [6.07, 6.45) is 3.71. The van der Waals surface area contributed by atoms with Gasteiger partial charge in [0.2, 0.25) is 5.91 Å². The van der Waals surface area contributed by atoms with Gasteiger partial charge in [-0.2, -0.15) is 0 Å². The van der Waals surface area contributed by atoms with E-state index in [1.165, 1.54) is 18.2 Å². The summed E-state index contributed by atoms with van der Waals surface area (Å²) >= 11 is 1.30. The van der Waals surface area contributed by atoms with Gasteiger partial charge in [-0.15, -0.1) is 0 Å².